The van der Waals surface area contributed by atoms with Crippen molar-refractivity contribution in [3.63, 3.8) is 0 Å². The molecule has 0 saturated heterocycles. The third kappa shape index (κ3) is 5.93. The maximum absolute atomic E-state index is 11.5. The van der Waals surface area contributed by atoms with Crippen molar-refractivity contribution < 1.29 is 8.42 Å². The highest BCUT2D eigenvalue weighted by Gasteiger charge is 2.23. The molecule has 0 aromatic carbocycles. The van der Waals surface area contributed by atoms with Gasteiger partial charge in [0.15, 0.2) is 0 Å². The van der Waals surface area contributed by atoms with Crippen molar-refractivity contribution in [2.24, 2.45) is 11.1 Å². The summed E-state index contributed by atoms with van der Waals surface area (Å²) in [6.45, 7) is 7.06. The fourth-order valence-corrected chi connectivity index (χ4v) is 2.83. The quantitative estimate of drug-likeness (QED) is 0.470. The molecular formula is C8H19N3O2S. The zero-order valence-electron chi connectivity index (χ0n) is 9.09. The van der Waals surface area contributed by atoms with Gasteiger partial charge in [0, 0.05) is 0 Å². The van der Waals surface area contributed by atoms with Crippen molar-refractivity contribution in [1.29, 1.82) is 5.41 Å². The van der Waals surface area contributed by atoms with Crippen molar-refractivity contribution in [3.05, 3.63) is 0 Å². The van der Waals surface area contributed by atoms with Crippen LogP contribution in [0.3, 0.4) is 0 Å². The highest BCUT2D eigenvalue weighted by Crippen LogP contribution is 2.15. The predicted octanol–water partition coefficient (Wildman–Crippen LogP) is 0.276. The van der Waals surface area contributed by atoms with E-state index in [1.165, 1.54) is 0 Å². The molecule has 0 fully saturated rings. The van der Waals surface area contributed by atoms with Crippen molar-refractivity contribution in [2.45, 2.75) is 33.7 Å². The monoisotopic (exact) mass is 221 g/mol. The topological polar surface area (TPSA) is 96.0 Å². The summed E-state index contributed by atoms with van der Waals surface area (Å²) >= 11 is 0. The van der Waals surface area contributed by atoms with Gasteiger partial charge >= 0.3 is 0 Å². The first-order valence-corrected chi connectivity index (χ1v) is 6.03. The Hall–Kier alpha value is -0.620. The number of amidine groups is 1. The molecule has 0 amide bonds. The van der Waals surface area contributed by atoms with Crippen LogP contribution in [0.2, 0.25) is 0 Å². The molecule has 6 heteroatoms. The summed E-state index contributed by atoms with van der Waals surface area (Å²) in [5.41, 5.74) is 4.86. The fourth-order valence-electron chi connectivity index (χ4n) is 0.945. The molecule has 14 heavy (non-hydrogen) atoms. The molecule has 1 atom stereocenters. The lowest BCUT2D eigenvalue weighted by Gasteiger charge is -2.20. The van der Waals surface area contributed by atoms with E-state index in [0.29, 0.717) is 0 Å². The standard InChI is InChI=1S/C8H19N3O2S/c1-6(7(9)10)11-14(12,13)5-8(2,3)4/h6,11H,5H2,1-4H3,(H3,9,10). The van der Waals surface area contributed by atoms with Crippen LogP contribution in [0.4, 0.5) is 0 Å². The van der Waals surface area contributed by atoms with E-state index in [2.05, 4.69) is 4.72 Å². The number of nitrogens with two attached hydrogens (primary N) is 1. The minimum atomic E-state index is -3.35. The highest BCUT2D eigenvalue weighted by molar-refractivity contribution is 7.89. The number of nitrogens with one attached hydrogen (secondary N) is 2. The summed E-state index contributed by atoms with van der Waals surface area (Å²) in [6.07, 6.45) is 0. The molecule has 0 saturated carbocycles. The van der Waals surface area contributed by atoms with Gasteiger partial charge in [-0.05, 0) is 12.3 Å². The van der Waals surface area contributed by atoms with Gasteiger partial charge in [0.1, 0.15) is 5.84 Å². The first-order valence-electron chi connectivity index (χ1n) is 4.37. The van der Waals surface area contributed by atoms with Crippen LogP contribution in [0.5, 0.6) is 0 Å². The average Bonchev–Trinajstić information content (AvgIpc) is 1.78. The molecular weight excluding hydrogens is 202 g/mol. The average molecular weight is 221 g/mol. The van der Waals surface area contributed by atoms with Crippen LogP contribution in [0.15, 0.2) is 0 Å². The molecule has 0 aliphatic heterocycles. The summed E-state index contributed by atoms with van der Waals surface area (Å²) in [6, 6.07) is -0.637. The number of rotatable bonds is 4. The molecule has 0 radical (unpaired) electrons. The third-order valence-corrected chi connectivity index (χ3v) is 3.40. The summed E-state index contributed by atoms with van der Waals surface area (Å²) in [4.78, 5) is 0. The second kappa shape index (κ2) is 4.27. The lowest BCUT2D eigenvalue weighted by Crippen LogP contribution is -2.44. The largest absolute Gasteiger partial charge is 0.386 e. The van der Waals surface area contributed by atoms with Gasteiger partial charge in [-0.25, -0.2) is 13.1 Å². The van der Waals surface area contributed by atoms with Crippen LogP contribution in [0.1, 0.15) is 27.7 Å². The third-order valence-electron chi connectivity index (χ3n) is 1.45. The Bertz CT molecular complexity index is 303. The van der Waals surface area contributed by atoms with Gasteiger partial charge in [0.2, 0.25) is 10.0 Å². The lowest BCUT2D eigenvalue weighted by atomic mass is 10.0. The Morgan fingerprint density at radius 1 is 1.50 bits per heavy atom. The van der Waals surface area contributed by atoms with Gasteiger partial charge in [-0.1, -0.05) is 20.8 Å². The number of hydrogen-bond acceptors (Lipinski definition) is 3. The molecule has 0 heterocycles. The minimum absolute atomic E-state index is 0.0254. The van der Waals surface area contributed by atoms with Crippen LogP contribution < -0.4 is 10.5 Å². The Morgan fingerprint density at radius 2 is 1.93 bits per heavy atom. The van der Waals surface area contributed by atoms with Crippen LogP contribution in [0, 0.1) is 10.8 Å². The number of sulfonamides is 1. The van der Waals surface area contributed by atoms with E-state index in [0.717, 1.165) is 0 Å². The van der Waals surface area contributed by atoms with Crippen molar-refractivity contribution >= 4 is 15.9 Å². The van der Waals surface area contributed by atoms with E-state index in [9.17, 15) is 8.42 Å². The van der Waals surface area contributed by atoms with E-state index < -0.39 is 16.1 Å². The smallest absolute Gasteiger partial charge is 0.212 e. The molecule has 0 aromatic heterocycles. The van der Waals surface area contributed by atoms with Crippen molar-refractivity contribution in [2.75, 3.05) is 5.75 Å². The van der Waals surface area contributed by atoms with Gasteiger partial charge in [0.05, 0.1) is 11.8 Å². The molecule has 84 valence electrons. The Labute approximate surface area is 85.6 Å². The van der Waals surface area contributed by atoms with Crippen LogP contribution in [-0.2, 0) is 10.0 Å². The first-order chi connectivity index (χ1) is 6.03. The van der Waals surface area contributed by atoms with Crippen molar-refractivity contribution in [1.82, 2.24) is 4.72 Å². The molecule has 1 unspecified atom stereocenters. The number of hydrogen-bond donors (Lipinski definition) is 3. The van der Waals surface area contributed by atoms with Gasteiger partial charge in [-0.2, -0.15) is 0 Å². The maximum atomic E-state index is 11.5. The maximum Gasteiger partial charge on any atom is 0.212 e. The van der Waals surface area contributed by atoms with Gasteiger partial charge in [0.25, 0.3) is 0 Å². The fraction of sp³-hybridized carbons (Fsp3) is 0.875. The zero-order valence-corrected chi connectivity index (χ0v) is 9.90. The van der Waals surface area contributed by atoms with Crippen molar-refractivity contribution in [3.8, 4) is 0 Å². The molecule has 0 aliphatic carbocycles. The molecule has 4 N–H and O–H groups in total. The van der Waals surface area contributed by atoms with Crippen LogP contribution in [-0.4, -0.2) is 26.0 Å². The summed E-state index contributed by atoms with van der Waals surface area (Å²) < 4.78 is 25.3. The molecule has 0 rings (SSSR count). The summed E-state index contributed by atoms with van der Waals surface area (Å²) in [5, 5.41) is 7.06. The van der Waals surface area contributed by atoms with Gasteiger partial charge < -0.3 is 5.73 Å². The summed E-state index contributed by atoms with van der Waals surface area (Å²) in [5.74, 6) is -0.153. The van der Waals surface area contributed by atoms with Crippen LogP contribution in [0.25, 0.3) is 0 Å². The minimum Gasteiger partial charge on any atom is -0.386 e. The summed E-state index contributed by atoms with van der Waals surface area (Å²) in [7, 11) is -3.35. The van der Waals surface area contributed by atoms with Crippen LogP contribution >= 0.6 is 0 Å². The second-order valence-electron chi connectivity index (χ2n) is 4.61. The normalized spacial score (nSPS) is 15.1. The van der Waals surface area contributed by atoms with E-state index >= 15 is 0 Å². The van der Waals surface area contributed by atoms with Gasteiger partial charge in [-0.15, -0.1) is 0 Å². The van der Waals surface area contributed by atoms with E-state index in [1.54, 1.807) is 6.92 Å². The van der Waals surface area contributed by atoms with E-state index in [1.807, 2.05) is 20.8 Å². The Morgan fingerprint density at radius 3 is 2.21 bits per heavy atom. The van der Waals surface area contributed by atoms with E-state index in [4.69, 9.17) is 11.1 Å². The zero-order chi connectivity index (χ0) is 11.6. The molecule has 0 aromatic rings. The lowest BCUT2D eigenvalue weighted by molar-refractivity contribution is 0.457. The Balaban J connectivity index is 4.45. The SMILES string of the molecule is CC(NS(=O)(=O)CC(C)(C)C)C(=N)N. The first kappa shape index (κ1) is 13.4. The Kier molecular flexibility index (Phi) is 4.08. The molecule has 5 nitrogen and oxygen atoms in total. The molecule has 0 bridgehead atoms. The highest BCUT2D eigenvalue weighted by atomic mass is 32.2. The molecule has 0 aliphatic rings. The second-order valence-corrected chi connectivity index (χ2v) is 6.37. The predicted molar refractivity (Wildman–Crippen MR) is 57.8 cm³/mol. The van der Waals surface area contributed by atoms with E-state index in [-0.39, 0.29) is 17.0 Å². The molecule has 0 spiro atoms. The van der Waals surface area contributed by atoms with Gasteiger partial charge in [-0.3, -0.25) is 5.41 Å².